The third kappa shape index (κ3) is 3.39. The van der Waals surface area contributed by atoms with Gasteiger partial charge in [0.25, 0.3) is 4.87 Å². The minimum atomic E-state index is -2.00. The molecule has 0 saturated carbocycles. The van der Waals surface area contributed by atoms with Gasteiger partial charge in [0.15, 0.2) is 0 Å². The van der Waals surface area contributed by atoms with Crippen LogP contribution in [0.25, 0.3) is 0 Å². The lowest BCUT2D eigenvalue weighted by molar-refractivity contribution is -0.159. The van der Waals surface area contributed by atoms with Crippen LogP contribution in [-0.2, 0) is 23.9 Å². The Kier molecular flexibility index (Phi) is 5.63. The first kappa shape index (κ1) is 15.8. The van der Waals surface area contributed by atoms with Gasteiger partial charge in [0, 0.05) is 5.02 Å². The molecule has 1 aromatic carbocycles. The zero-order valence-electron chi connectivity index (χ0n) is 10.6. The molecule has 19 heavy (non-hydrogen) atoms. The van der Waals surface area contributed by atoms with E-state index < -0.39 is 16.8 Å². The fourth-order valence-corrected chi connectivity index (χ4v) is 1.82. The van der Waals surface area contributed by atoms with Crippen molar-refractivity contribution in [1.82, 2.24) is 0 Å². The maximum absolute atomic E-state index is 12.0. The topological polar surface area (TPSA) is 52.6 Å². The first-order valence-electron chi connectivity index (χ1n) is 5.76. The van der Waals surface area contributed by atoms with Crippen LogP contribution >= 0.6 is 23.2 Å². The number of halogens is 2. The molecule has 0 N–H and O–H groups in total. The first-order valence-corrected chi connectivity index (χ1v) is 6.51. The number of ether oxygens (including phenoxy) is 2. The van der Waals surface area contributed by atoms with Gasteiger partial charge < -0.3 is 9.47 Å². The van der Waals surface area contributed by atoms with Gasteiger partial charge >= 0.3 is 11.9 Å². The molecule has 0 spiro atoms. The van der Waals surface area contributed by atoms with Crippen LogP contribution in [0, 0.1) is 0 Å². The molecule has 1 aromatic rings. The minimum Gasteiger partial charge on any atom is -0.464 e. The van der Waals surface area contributed by atoms with Crippen molar-refractivity contribution in [2.45, 2.75) is 18.7 Å². The van der Waals surface area contributed by atoms with E-state index in [2.05, 4.69) is 0 Å². The highest BCUT2D eigenvalue weighted by Crippen LogP contribution is 2.33. The standard InChI is InChI=1S/C13H14Cl2O4/c1-3-18-11(16)13(15,12(17)19-4-2)9-5-7-10(14)8-6-9/h5-8H,3-4H2,1-2H3. The maximum Gasteiger partial charge on any atom is 0.343 e. The maximum atomic E-state index is 12.0. The average Bonchev–Trinajstić information content (AvgIpc) is 2.39. The SMILES string of the molecule is CCOC(=O)C(Cl)(C(=O)OCC)c1ccc(Cl)cc1. The predicted molar refractivity (Wildman–Crippen MR) is 72.2 cm³/mol. The van der Waals surface area contributed by atoms with E-state index in [1.165, 1.54) is 24.3 Å². The number of alkyl halides is 1. The normalized spacial score (nSPS) is 10.9. The summed E-state index contributed by atoms with van der Waals surface area (Å²) in [4.78, 5) is 22.0. The molecule has 0 radical (unpaired) electrons. The fraction of sp³-hybridized carbons (Fsp3) is 0.385. The van der Waals surface area contributed by atoms with Crippen LogP contribution < -0.4 is 0 Å². The van der Waals surface area contributed by atoms with Crippen molar-refractivity contribution in [3.05, 3.63) is 34.9 Å². The molecule has 0 aromatic heterocycles. The molecule has 0 unspecified atom stereocenters. The van der Waals surface area contributed by atoms with Crippen molar-refractivity contribution in [3.63, 3.8) is 0 Å². The molecule has 0 bridgehead atoms. The predicted octanol–water partition coefficient (Wildman–Crippen LogP) is 2.90. The van der Waals surface area contributed by atoms with E-state index in [1.807, 2.05) is 0 Å². The zero-order chi connectivity index (χ0) is 14.5. The van der Waals surface area contributed by atoms with Crippen LogP contribution in [0.5, 0.6) is 0 Å². The van der Waals surface area contributed by atoms with Crippen molar-refractivity contribution in [2.24, 2.45) is 0 Å². The molecule has 0 aliphatic carbocycles. The molecule has 0 heterocycles. The molecular formula is C13H14Cl2O4. The highest BCUT2D eigenvalue weighted by atomic mass is 35.5. The van der Waals surface area contributed by atoms with E-state index in [4.69, 9.17) is 32.7 Å². The Morgan fingerprint density at radius 2 is 1.47 bits per heavy atom. The highest BCUT2D eigenvalue weighted by Gasteiger charge is 2.49. The third-order valence-corrected chi connectivity index (χ3v) is 3.13. The van der Waals surface area contributed by atoms with Gasteiger partial charge in [-0.3, -0.25) is 0 Å². The lowest BCUT2D eigenvalue weighted by atomic mass is 9.98. The summed E-state index contributed by atoms with van der Waals surface area (Å²) in [7, 11) is 0. The Morgan fingerprint density at radius 1 is 1.05 bits per heavy atom. The lowest BCUT2D eigenvalue weighted by Gasteiger charge is -2.23. The summed E-state index contributed by atoms with van der Waals surface area (Å²) in [5.74, 6) is -1.73. The molecule has 0 fully saturated rings. The molecule has 0 aliphatic heterocycles. The molecule has 6 heteroatoms. The summed E-state index contributed by atoms with van der Waals surface area (Å²) >= 11 is 12.0. The average molecular weight is 305 g/mol. The molecule has 0 atom stereocenters. The number of hydrogen-bond acceptors (Lipinski definition) is 4. The summed E-state index contributed by atoms with van der Waals surface area (Å²) in [5.41, 5.74) is 0.260. The number of carbonyl (C=O) groups excluding carboxylic acids is 2. The van der Waals surface area contributed by atoms with Crippen molar-refractivity contribution in [1.29, 1.82) is 0 Å². The van der Waals surface area contributed by atoms with Gasteiger partial charge in [-0.25, -0.2) is 9.59 Å². The number of benzene rings is 1. The van der Waals surface area contributed by atoms with Gasteiger partial charge in [-0.05, 0) is 31.5 Å². The molecule has 0 amide bonds. The Balaban J connectivity index is 3.21. The van der Waals surface area contributed by atoms with Crippen molar-refractivity contribution in [3.8, 4) is 0 Å². The largest absolute Gasteiger partial charge is 0.464 e. The molecule has 0 aliphatic rings. The zero-order valence-corrected chi connectivity index (χ0v) is 12.1. The van der Waals surface area contributed by atoms with Crippen molar-refractivity contribution >= 4 is 35.1 Å². The second kappa shape index (κ2) is 6.78. The summed E-state index contributed by atoms with van der Waals surface area (Å²) in [6, 6.07) is 6.05. The molecular weight excluding hydrogens is 291 g/mol. The Morgan fingerprint density at radius 3 is 1.84 bits per heavy atom. The van der Waals surface area contributed by atoms with Crippen LogP contribution in [0.1, 0.15) is 19.4 Å². The molecule has 1 rings (SSSR count). The third-order valence-electron chi connectivity index (χ3n) is 2.36. The van der Waals surface area contributed by atoms with Gasteiger partial charge in [0.2, 0.25) is 0 Å². The van der Waals surface area contributed by atoms with Gasteiger partial charge in [0.05, 0.1) is 13.2 Å². The first-order chi connectivity index (χ1) is 8.96. The van der Waals surface area contributed by atoms with Crippen LogP contribution in [0.3, 0.4) is 0 Å². The monoisotopic (exact) mass is 304 g/mol. The van der Waals surface area contributed by atoms with E-state index in [0.717, 1.165) is 0 Å². The van der Waals surface area contributed by atoms with Gasteiger partial charge in [-0.1, -0.05) is 35.3 Å². The minimum absolute atomic E-state index is 0.111. The number of carbonyl (C=O) groups is 2. The van der Waals surface area contributed by atoms with Crippen molar-refractivity contribution in [2.75, 3.05) is 13.2 Å². The van der Waals surface area contributed by atoms with Crippen LogP contribution in [-0.4, -0.2) is 25.2 Å². The quantitative estimate of drug-likeness (QED) is 0.477. The summed E-state index contributed by atoms with van der Waals surface area (Å²) < 4.78 is 9.71. The Labute approximate surface area is 121 Å². The van der Waals surface area contributed by atoms with E-state index in [1.54, 1.807) is 13.8 Å². The van der Waals surface area contributed by atoms with Crippen LogP contribution in [0.2, 0.25) is 5.02 Å². The molecule has 4 nitrogen and oxygen atoms in total. The van der Waals surface area contributed by atoms with E-state index >= 15 is 0 Å². The number of rotatable bonds is 5. The second-order valence-electron chi connectivity index (χ2n) is 3.61. The summed E-state index contributed by atoms with van der Waals surface area (Å²) in [6.07, 6.45) is 0. The number of hydrogen-bond donors (Lipinski definition) is 0. The Hall–Kier alpha value is -1.26. The van der Waals surface area contributed by atoms with Crippen molar-refractivity contribution < 1.29 is 19.1 Å². The summed E-state index contributed by atoms with van der Waals surface area (Å²) in [6.45, 7) is 3.48. The van der Waals surface area contributed by atoms with Crippen LogP contribution in [0.4, 0.5) is 0 Å². The van der Waals surface area contributed by atoms with Gasteiger partial charge in [-0.15, -0.1) is 0 Å². The smallest absolute Gasteiger partial charge is 0.343 e. The van der Waals surface area contributed by atoms with E-state index in [0.29, 0.717) is 5.02 Å². The van der Waals surface area contributed by atoms with E-state index in [9.17, 15) is 9.59 Å². The van der Waals surface area contributed by atoms with E-state index in [-0.39, 0.29) is 18.8 Å². The fourth-order valence-electron chi connectivity index (χ4n) is 1.46. The van der Waals surface area contributed by atoms with Crippen LogP contribution in [0.15, 0.2) is 24.3 Å². The Bertz CT molecular complexity index is 438. The second-order valence-corrected chi connectivity index (χ2v) is 4.61. The molecule has 0 saturated heterocycles. The summed E-state index contributed by atoms with van der Waals surface area (Å²) in [5, 5.41) is 0.468. The highest BCUT2D eigenvalue weighted by molar-refractivity contribution is 6.44. The molecule has 104 valence electrons. The number of esters is 2. The lowest BCUT2D eigenvalue weighted by Crippen LogP contribution is -2.41. The van der Waals surface area contributed by atoms with Gasteiger partial charge in [-0.2, -0.15) is 0 Å². The van der Waals surface area contributed by atoms with Gasteiger partial charge in [0.1, 0.15) is 0 Å².